The van der Waals surface area contributed by atoms with Gasteiger partial charge < -0.3 is 14.2 Å². The summed E-state index contributed by atoms with van der Waals surface area (Å²) in [7, 11) is 0. The fraction of sp³-hybridized carbons (Fsp3) is 0.429. The number of hydrogen-bond acceptors (Lipinski definition) is 3. The summed E-state index contributed by atoms with van der Waals surface area (Å²) in [5.74, 6) is -8.69. The molecule has 0 saturated carbocycles. The summed E-state index contributed by atoms with van der Waals surface area (Å²) in [4.78, 5) is 0. The van der Waals surface area contributed by atoms with E-state index in [-0.39, 0.29) is 90.6 Å². The lowest BCUT2D eigenvalue weighted by Gasteiger charge is -2.15. The Kier molecular flexibility index (Phi) is 15.8. The first-order valence-electron chi connectivity index (χ1n) is 18.2. The Bertz CT molecular complexity index is 1810. The SMILES string of the molecule is CCOc1ccc(CCc2ccc(OCCCCC(CC)CCCCOc3ccc(CCc4ccc(C)c(F)c4F)c(F)c3F)c(F)c2F)c(F)c1F. The molecule has 4 rings (SSSR count). The molecule has 0 bridgehead atoms. The highest BCUT2D eigenvalue weighted by Crippen LogP contribution is 2.29. The van der Waals surface area contributed by atoms with E-state index < -0.39 is 46.5 Å². The summed E-state index contributed by atoms with van der Waals surface area (Å²) < 4.78 is 131. The first kappa shape index (κ1) is 41.5. The molecular formula is C42H46F8O3. The molecule has 3 nitrogen and oxygen atoms in total. The average molecular weight is 751 g/mol. The van der Waals surface area contributed by atoms with Crippen LogP contribution in [-0.2, 0) is 25.7 Å². The zero-order valence-electron chi connectivity index (χ0n) is 30.3. The fourth-order valence-corrected chi connectivity index (χ4v) is 6.19. The number of benzene rings is 4. The summed E-state index contributed by atoms with van der Waals surface area (Å²) in [6, 6.07) is 11.0. The van der Waals surface area contributed by atoms with E-state index in [2.05, 4.69) is 6.92 Å². The van der Waals surface area contributed by atoms with Crippen LogP contribution in [0.25, 0.3) is 0 Å². The van der Waals surface area contributed by atoms with Crippen molar-refractivity contribution in [1.82, 2.24) is 0 Å². The summed E-state index contributed by atoms with van der Waals surface area (Å²) >= 11 is 0. The van der Waals surface area contributed by atoms with Crippen molar-refractivity contribution in [3.05, 3.63) is 123 Å². The molecule has 0 spiro atoms. The second kappa shape index (κ2) is 20.3. The lowest BCUT2D eigenvalue weighted by molar-refractivity contribution is 0.269. The van der Waals surface area contributed by atoms with Gasteiger partial charge >= 0.3 is 0 Å². The van der Waals surface area contributed by atoms with Crippen LogP contribution in [0.3, 0.4) is 0 Å². The molecule has 0 aromatic heterocycles. The van der Waals surface area contributed by atoms with Gasteiger partial charge in [0.15, 0.2) is 46.3 Å². The number of ether oxygens (including phenoxy) is 3. The molecule has 11 heteroatoms. The molecule has 1 atom stereocenters. The highest BCUT2D eigenvalue weighted by molar-refractivity contribution is 5.35. The maximum atomic E-state index is 14.8. The number of unbranched alkanes of at least 4 members (excludes halogenated alkanes) is 2. The summed E-state index contributed by atoms with van der Waals surface area (Å²) in [5, 5.41) is 0. The van der Waals surface area contributed by atoms with Gasteiger partial charge in [0.1, 0.15) is 0 Å². The van der Waals surface area contributed by atoms with E-state index in [9.17, 15) is 35.1 Å². The molecule has 53 heavy (non-hydrogen) atoms. The molecule has 4 aromatic carbocycles. The van der Waals surface area contributed by atoms with E-state index in [4.69, 9.17) is 14.2 Å². The van der Waals surface area contributed by atoms with Gasteiger partial charge in [0.2, 0.25) is 17.5 Å². The Hall–Kier alpha value is -4.28. The number of hydrogen-bond donors (Lipinski definition) is 0. The third-order valence-electron chi connectivity index (χ3n) is 9.47. The summed E-state index contributed by atoms with van der Waals surface area (Å²) in [6.45, 7) is 5.75. The van der Waals surface area contributed by atoms with Crippen LogP contribution in [0.4, 0.5) is 35.1 Å². The van der Waals surface area contributed by atoms with Crippen molar-refractivity contribution in [2.45, 2.75) is 91.4 Å². The average Bonchev–Trinajstić information content (AvgIpc) is 3.15. The quantitative estimate of drug-likeness (QED) is 0.0627. The largest absolute Gasteiger partial charge is 0.491 e. The highest BCUT2D eigenvalue weighted by atomic mass is 19.2. The maximum absolute atomic E-state index is 14.8. The number of rotatable bonds is 21. The Morgan fingerprint density at radius 1 is 0.434 bits per heavy atom. The van der Waals surface area contributed by atoms with Gasteiger partial charge in [-0.1, -0.05) is 56.5 Å². The molecule has 0 heterocycles. The van der Waals surface area contributed by atoms with E-state index in [1.807, 2.05) is 0 Å². The van der Waals surface area contributed by atoms with Crippen LogP contribution in [0.5, 0.6) is 17.2 Å². The summed E-state index contributed by atoms with van der Waals surface area (Å²) in [6.07, 6.45) is 5.57. The van der Waals surface area contributed by atoms with Crippen molar-refractivity contribution in [3.63, 3.8) is 0 Å². The van der Waals surface area contributed by atoms with Crippen molar-refractivity contribution in [1.29, 1.82) is 0 Å². The predicted molar refractivity (Wildman–Crippen MR) is 189 cm³/mol. The van der Waals surface area contributed by atoms with Crippen LogP contribution in [0.15, 0.2) is 48.5 Å². The minimum atomic E-state index is -1.12. The summed E-state index contributed by atoms with van der Waals surface area (Å²) in [5.41, 5.74) is 0.374. The van der Waals surface area contributed by atoms with Gasteiger partial charge in [-0.25, -0.2) is 22.0 Å². The number of halogens is 8. The Labute approximate surface area is 306 Å². The van der Waals surface area contributed by atoms with Gasteiger partial charge in [0.05, 0.1) is 19.8 Å². The van der Waals surface area contributed by atoms with E-state index in [0.717, 1.165) is 32.1 Å². The molecule has 0 fully saturated rings. The van der Waals surface area contributed by atoms with E-state index in [1.165, 1.54) is 55.5 Å². The molecule has 0 radical (unpaired) electrons. The normalized spacial score (nSPS) is 11.9. The molecule has 0 aliphatic heterocycles. The zero-order chi connectivity index (χ0) is 38.5. The molecule has 0 aliphatic carbocycles. The van der Waals surface area contributed by atoms with Crippen molar-refractivity contribution in [2.75, 3.05) is 19.8 Å². The van der Waals surface area contributed by atoms with E-state index >= 15 is 0 Å². The van der Waals surface area contributed by atoms with Gasteiger partial charge in [-0.05, 0) is 117 Å². The molecule has 0 saturated heterocycles. The lowest BCUT2D eigenvalue weighted by atomic mass is 9.93. The zero-order valence-corrected chi connectivity index (χ0v) is 30.3. The van der Waals surface area contributed by atoms with Gasteiger partial charge in [-0.15, -0.1) is 0 Å². The maximum Gasteiger partial charge on any atom is 0.200 e. The minimum absolute atomic E-state index is 0.00281. The third kappa shape index (κ3) is 11.1. The second-order valence-electron chi connectivity index (χ2n) is 13.1. The smallest absolute Gasteiger partial charge is 0.200 e. The minimum Gasteiger partial charge on any atom is -0.491 e. The molecule has 0 N–H and O–H groups in total. The van der Waals surface area contributed by atoms with E-state index in [0.29, 0.717) is 18.8 Å². The predicted octanol–water partition coefficient (Wildman–Crippen LogP) is 11.9. The molecule has 4 aromatic rings. The third-order valence-corrected chi connectivity index (χ3v) is 9.47. The Morgan fingerprint density at radius 2 is 0.792 bits per heavy atom. The van der Waals surface area contributed by atoms with E-state index in [1.54, 1.807) is 6.92 Å². The molecule has 0 aliphatic rings. The molecule has 1 unspecified atom stereocenters. The van der Waals surface area contributed by atoms with Gasteiger partial charge in [-0.2, -0.15) is 13.2 Å². The van der Waals surface area contributed by atoms with Gasteiger partial charge in [0, 0.05) is 0 Å². The van der Waals surface area contributed by atoms with Crippen LogP contribution in [0.2, 0.25) is 0 Å². The fourth-order valence-electron chi connectivity index (χ4n) is 6.19. The highest BCUT2D eigenvalue weighted by Gasteiger charge is 2.19. The van der Waals surface area contributed by atoms with Crippen LogP contribution in [0.1, 0.15) is 86.6 Å². The van der Waals surface area contributed by atoms with Crippen molar-refractivity contribution in [3.8, 4) is 17.2 Å². The van der Waals surface area contributed by atoms with Crippen LogP contribution < -0.4 is 14.2 Å². The first-order chi connectivity index (χ1) is 25.5. The lowest BCUT2D eigenvalue weighted by Crippen LogP contribution is -2.06. The molecule has 288 valence electrons. The number of aryl methyl sites for hydroxylation is 5. The van der Waals surface area contributed by atoms with Crippen molar-refractivity contribution < 1.29 is 49.3 Å². The monoisotopic (exact) mass is 750 g/mol. The van der Waals surface area contributed by atoms with Gasteiger partial charge in [0.25, 0.3) is 0 Å². The van der Waals surface area contributed by atoms with Crippen molar-refractivity contribution in [2.24, 2.45) is 5.92 Å². The topological polar surface area (TPSA) is 27.7 Å². The first-order valence-corrected chi connectivity index (χ1v) is 18.2. The molecule has 0 amide bonds. The standard InChI is InChI=1S/C42H46F8O3/c1-4-27(10-6-8-24-52-33-22-19-30(38(46)41(33)49)15-14-28-13-12-26(3)35(43)36(28)44)11-7-9-25-53-34-23-20-31(39(47)42(34)50)17-16-29-18-21-32(51-5-2)40(48)37(29)45/h12-13,18-23,27H,4-11,14-17,24-25H2,1-3H3. The van der Waals surface area contributed by atoms with Crippen molar-refractivity contribution >= 4 is 0 Å². The second-order valence-corrected chi connectivity index (χ2v) is 13.1. The van der Waals surface area contributed by atoms with Crippen LogP contribution in [-0.4, -0.2) is 19.8 Å². The molecular weight excluding hydrogens is 704 g/mol. The van der Waals surface area contributed by atoms with Gasteiger partial charge in [-0.3, -0.25) is 0 Å². The van der Waals surface area contributed by atoms with Crippen LogP contribution in [0, 0.1) is 59.4 Å². The Morgan fingerprint density at radius 3 is 1.17 bits per heavy atom. The van der Waals surface area contributed by atoms with Crippen LogP contribution >= 0.6 is 0 Å². The Balaban J connectivity index is 1.13.